The van der Waals surface area contributed by atoms with Crippen molar-refractivity contribution in [2.75, 3.05) is 19.6 Å². The minimum atomic E-state index is 0.169. The van der Waals surface area contributed by atoms with Crippen molar-refractivity contribution in [2.24, 2.45) is 17.1 Å². The van der Waals surface area contributed by atoms with Crippen molar-refractivity contribution in [2.45, 2.75) is 51.9 Å². The van der Waals surface area contributed by atoms with Gasteiger partial charge in [0.25, 0.3) is 0 Å². The number of hydrogen-bond acceptors (Lipinski definition) is 2. The van der Waals surface area contributed by atoms with Gasteiger partial charge in [-0.05, 0) is 37.1 Å². The zero-order valence-electron chi connectivity index (χ0n) is 11.1. The van der Waals surface area contributed by atoms with Gasteiger partial charge in [-0.25, -0.2) is 0 Å². The second kappa shape index (κ2) is 5.38. The zero-order valence-corrected chi connectivity index (χ0v) is 11.1. The van der Waals surface area contributed by atoms with Gasteiger partial charge < -0.3 is 10.6 Å². The van der Waals surface area contributed by atoms with Crippen LogP contribution in [0.15, 0.2) is 0 Å². The number of rotatable bonds is 3. The van der Waals surface area contributed by atoms with Gasteiger partial charge in [-0.15, -0.1) is 0 Å². The van der Waals surface area contributed by atoms with Crippen LogP contribution in [0.3, 0.4) is 0 Å². The smallest absolute Gasteiger partial charge is 0.222 e. The second-order valence-electron chi connectivity index (χ2n) is 6.29. The Kier molecular flexibility index (Phi) is 4.08. The van der Waals surface area contributed by atoms with Gasteiger partial charge in [0.1, 0.15) is 0 Å². The van der Waals surface area contributed by atoms with Crippen LogP contribution in [0.5, 0.6) is 0 Å². The summed E-state index contributed by atoms with van der Waals surface area (Å²) in [7, 11) is 0. The summed E-state index contributed by atoms with van der Waals surface area (Å²) in [5.74, 6) is 1.02. The van der Waals surface area contributed by atoms with E-state index in [-0.39, 0.29) is 5.41 Å². The van der Waals surface area contributed by atoms with Crippen LogP contribution in [0.1, 0.15) is 51.9 Å². The van der Waals surface area contributed by atoms with Crippen molar-refractivity contribution in [3.8, 4) is 0 Å². The van der Waals surface area contributed by atoms with Crippen LogP contribution in [0.2, 0.25) is 0 Å². The van der Waals surface area contributed by atoms with Crippen molar-refractivity contribution >= 4 is 5.91 Å². The number of nitrogens with two attached hydrogens (primary N) is 1. The molecule has 1 aliphatic carbocycles. The molecule has 0 aromatic rings. The largest absolute Gasteiger partial charge is 0.342 e. The summed E-state index contributed by atoms with van der Waals surface area (Å²) in [4.78, 5) is 14.2. The van der Waals surface area contributed by atoms with E-state index in [1.807, 2.05) is 4.90 Å². The summed E-state index contributed by atoms with van der Waals surface area (Å²) in [5.41, 5.74) is 5.95. The second-order valence-corrected chi connectivity index (χ2v) is 6.29. The van der Waals surface area contributed by atoms with Gasteiger partial charge in [0.05, 0.1) is 0 Å². The summed E-state index contributed by atoms with van der Waals surface area (Å²) in [5, 5.41) is 0. The molecule has 2 aliphatic rings. The van der Waals surface area contributed by atoms with Crippen LogP contribution in [-0.4, -0.2) is 30.4 Å². The summed E-state index contributed by atoms with van der Waals surface area (Å²) in [6.45, 7) is 4.68. The molecule has 1 saturated heterocycles. The monoisotopic (exact) mass is 238 g/mol. The third-order valence-corrected chi connectivity index (χ3v) is 4.59. The van der Waals surface area contributed by atoms with Gasteiger partial charge in [-0.1, -0.05) is 26.2 Å². The molecule has 1 heterocycles. The van der Waals surface area contributed by atoms with E-state index in [4.69, 9.17) is 5.73 Å². The van der Waals surface area contributed by atoms with Crippen molar-refractivity contribution in [1.82, 2.24) is 4.90 Å². The van der Waals surface area contributed by atoms with Crippen LogP contribution in [0.25, 0.3) is 0 Å². The van der Waals surface area contributed by atoms with E-state index >= 15 is 0 Å². The van der Waals surface area contributed by atoms with Crippen molar-refractivity contribution < 1.29 is 4.79 Å². The van der Waals surface area contributed by atoms with Crippen LogP contribution < -0.4 is 5.73 Å². The highest BCUT2D eigenvalue weighted by atomic mass is 16.2. The molecule has 0 bridgehead atoms. The number of carbonyl (C=O) groups is 1. The first kappa shape index (κ1) is 12.9. The lowest BCUT2D eigenvalue weighted by molar-refractivity contribution is -0.131. The molecule has 2 N–H and O–H groups in total. The molecule has 0 spiro atoms. The number of nitrogens with zero attached hydrogens (tertiary/aromatic N) is 1. The quantitative estimate of drug-likeness (QED) is 0.819. The molecule has 1 amide bonds. The van der Waals surface area contributed by atoms with Gasteiger partial charge in [-0.2, -0.15) is 0 Å². The van der Waals surface area contributed by atoms with Crippen LogP contribution in [-0.2, 0) is 4.79 Å². The first-order valence-corrected chi connectivity index (χ1v) is 7.11. The average Bonchev–Trinajstić information content (AvgIpc) is 2.74. The highest BCUT2D eigenvalue weighted by molar-refractivity contribution is 5.76. The molecular weight excluding hydrogens is 212 g/mol. The molecule has 0 radical (unpaired) electrons. The SMILES string of the molecule is CC1(CN)CCN(C(=O)CC2CCCCC2)C1. The molecule has 1 atom stereocenters. The van der Waals surface area contributed by atoms with Gasteiger partial charge in [0, 0.05) is 19.5 Å². The van der Waals surface area contributed by atoms with Crippen LogP contribution in [0, 0.1) is 11.3 Å². The fourth-order valence-electron chi connectivity index (χ4n) is 3.17. The number of carbonyl (C=O) groups excluding carboxylic acids is 1. The Balaban J connectivity index is 1.80. The summed E-state index contributed by atoms with van der Waals surface area (Å²) >= 11 is 0. The molecule has 1 aliphatic heterocycles. The Morgan fingerprint density at radius 1 is 1.35 bits per heavy atom. The molecule has 1 unspecified atom stereocenters. The predicted molar refractivity (Wildman–Crippen MR) is 69.6 cm³/mol. The van der Waals surface area contributed by atoms with Crippen molar-refractivity contribution in [1.29, 1.82) is 0 Å². The number of amides is 1. The van der Waals surface area contributed by atoms with E-state index in [0.717, 1.165) is 25.9 Å². The van der Waals surface area contributed by atoms with E-state index < -0.39 is 0 Å². The van der Waals surface area contributed by atoms with E-state index in [1.165, 1.54) is 32.1 Å². The molecule has 1 saturated carbocycles. The first-order chi connectivity index (χ1) is 8.13. The van der Waals surface area contributed by atoms with Gasteiger partial charge >= 0.3 is 0 Å². The Labute approximate surface area is 105 Å². The van der Waals surface area contributed by atoms with Gasteiger partial charge in [0.2, 0.25) is 5.91 Å². The zero-order chi connectivity index (χ0) is 12.3. The lowest BCUT2D eigenvalue weighted by Gasteiger charge is -2.26. The fraction of sp³-hybridized carbons (Fsp3) is 0.929. The molecule has 3 nitrogen and oxygen atoms in total. The Morgan fingerprint density at radius 3 is 2.65 bits per heavy atom. The van der Waals surface area contributed by atoms with Gasteiger partial charge in [0.15, 0.2) is 0 Å². The van der Waals surface area contributed by atoms with E-state index in [9.17, 15) is 4.79 Å². The van der Waals surface area contributed by atoms with E-state index in [2.05, 4.69) is 6.92 Å². The lowest BCUT2D eigenvalue weighted by Crippen LogP contribution is -2.35. The maximum atomic E-state index is 12.2. The standard InChI is InChI=1S/C14H26N2O/c1-14(10-15)7-8-16(11-14)13(17)9-12-5-3-2-4-6-12/h12H,2-11,15H2,1H3. The third kappa shape index (κ3) is 3.21. The molecule has 2 rings (SSSR count). The Morgan fingerprint density at radius 2 is 2.06 bits per heavy atom. The molecule has 17 heavy (non-hydrogen) atoms. The molecule has 0 aromatic carbocycles. The Hall–Kier alpha value is -0.570. The molecule has 0 aromatic heterocycles. The fourth-order valence-corrected chi connectivity index (χ4v) is 3.17. The minimum Gasteiger partial charge on any atom is -0.342 e. The molecule has 98 valence electrons. The van der Waals surface area contributed by atoms with Crippen LogP contribution >= 0.6 is 0 Å². The van der Waals surface area contributed by atoms with E-state index in [0.29, 0.717) is 18.4 Å². The highest BCUT2D eigenvalue weighted by Crippen LogP contribution is 2.31. The maximum absolute atomic E-state index is 12.2. The lowest BCUT2D eigenvalue weighted by atomic mass is 9.86. The molecule has 2 fully saturated rings. The van der Waals surface area contributed by atoms with Crippen molar-refractivity contribution in [3.63, 3.8) is 0 Å². The highest BCUT2D eigenvalue weighted by Gasteiger charge is 2.35. The maximum Gasteiger partial charge on any atom is 0.222 e. The Bertz CT molecular complexity index is 273. The van der Waals surface area contributed by atoms with Gasteiger partial charge in [-0.3, -0.25) is 4.79 Å². The summed E-state index contributed by atoms with van der Waals surface area (Å²) in [6, 6.07) is 0. The first-order valence-electron chi connectivity index (χ1n) is 7.11. The van der Waals surface area contributed by atoms with Crippen molar-refractivity contribution in [3.05, 3.63) is 0 Å². The summed E-state index contributed by atoms with van der Waals surface area (Å²) in [6.07, 6.45) is 8.36. The van der Waals surface area contributed by atoms with E-state index in [1.54, 1.807) is 0 Å². The van der Waals surface area contributed by atoms with Crippen LogP contribution in [0.4, 0.5) is 0 Å². The normalized spacial score (nSPS) is 30.8. The molecular formula is C14H26N2O. The number of likely N-dealkylation sites (tertiary alicyclic amines) is 1. The molecule has 3 heteroatoms. The third-order valence-electron chi connectivity index (χ3n) is 4.59. The predicted octanol–water partition coefficient (Wildman–Crippen LogP) is 2.15. The average molecular weight is 238 g/mol. The minimum absolute atomic E-state index is 0.169. The topological polar surface area (TPSA) is 46.3 Å². The summed E-state index contributed by atoms with van der Waals surface area (Å²) < 4.78 is 0. The number of hydrogen-bond donors (Lipinski definition) is 1.